The van der Waals surface area contributed by atoms with Crippen molar-refractivity contribution in [2.45, 2.75) is 86.1 Å². The van der Waals surface area contributed by atoms with E-state index in [4.69, 9.17) is 14.7 Å². The maximum Gasteiger partial charge on any atom is 0.311 e. The number of hydrogen-bond acceptors (Lipinski definition) is 4. The Morgan fingerprint density at radius 1 is 0.971 bits per heavy atom. The molecule has 0 saturated carbocycles. The van der Waals surface area contributed by atoms with Gasteiger partial charge >= 0.3 is 5.97 Å². The summed E-state index contributed by atoms with van der Waals surface area (Å²) >= 11 is 0. The van der Waals surface area contributed by atoms with Crippen molar-refractivity contribution in [1.29, 1.82) is 0 Å². The first kappa shape index (κ1) is 24.2. The van der Waals surface area contributed by atoms with E-state index in [0.29, 0.717) is 18.1 Å². The zero-order chi connectivity index (χ0) is 24.2. The van der Waals surface area contributed by atoms with E-state index in [1.54, 1.807) is 0 Å². The molecule has 1 aromatic carbocycles. The van der Waals surface area contributed by atoms with Crippen LogP contribution in [0.25, 0.3) is 27.7 Å². The Morgan fingerprint density at radius 3 is 2.47 bits per heavy atom. The number of aromatic nitrogens is 4. The van der Waals surface area contributed by atoms with Gasteiger partial charge in [-0.3, -0.25) is 9.20 Å². The molecule has 3 heterocycles. The number of fused-ring (bicyclic) bond motifs is 5. The number of aryl methyl sites for hydroxylation is 1. The van der Waals surface area contributed by atoms with Crippen LogP contribution in [-0.2, 0) is 17.8 Å². The van der Waals surface area contributed by atoms with Gasteiger partial charge in [0.2, 0.25) is 0 Å². The molecule has 3 aromatic heterocycles. The van der Waals surface area contributed by atoms with Crippen LogP contribution in [0.5, 0.6) is 5.75 Å². The Bertz CT molecular complexity index is 1280. The van der Waals surface area contributed by atoms with Gasteiger partial charge in [-0.1, -0.05) is 72.4 Å². The average Bonchev–Trinajstić information content (AvgIpc) is 3.31. The van der Waals surface area contributed by atoms with Crippen LogP contribution in [0.2, 0.25) is 0 Å². The zero-order valence-corrected chi connectivity index (χ0v) is 21.3. The third kappa shape index (κ3) is 5.11. The van der Waals surface area contributed by atoms with Gasteiger partial charge in [-0.2, -0.15) is 0 Å². The molecule has 0 unspecified atom stereocenters. The third-order valence-corrected chi connectivity index (χ3v) is 6.18. The van der Waals surface area contributed by atoms with E-state index < -0.39 is 0 Å². The number of nitrogens with zero attached hydrogens (tertiary/aromatic N) is 4. The number of imidazole rings is 1. The van der Waals surface area contributed by atoms with Gasteiger partial charge in [0, 0.05) is 25.6 Å². The van der Waals surface area contributed by atoms with Gasteiger partial charge in [-0.15, -0.1) is 0 Å². The normalized spacial score (nSPS) is 12.1. The number of rotatable bonds is 11. The summed E-state index contributed by atoms with van der Waals surface area (Å²) in [6.07, 6.45) is 9.20. The molecule has 6 nitrogen and oxygen atoms in total. The molecular formula is C28H38N4O2. The van der Waals surface area contributed by atoms with Gasteiger partial charge in [0.25, 0.3) is 0 Å². The molecule has 182 valence electrons. The molecule has 0 atom stereocenters. The summed E-state index contributed by atoms with van der Waals surface area (Å²) in [6, 6.07) is 8.15. The molecule has 6 heteroatoms. The van der Waals surface area contributed by atoms with Crippen molar-refractivity contribution in [3.63, 3.8) is 0 Å². The fourth-order valence-corrected chi connectivity index (χ4v) is 4.61. The molecule has 4 aromatic rings. The van der Waals surface area contributed by atoms with Gasteiger partial charge in [-0.25, -0.2) is 9.97 Å². The van der Waals surface area contributed by atoms with Gasteiger partial charge < -0.3 is 9.30 Å². The van der Waals surface area contributed by atoms with Crippen molar-refractivity contribution in [1.82, 2.24) is 18.9 Å². The minimum Gasteiger partial charge on any atom is -0.424 e. The molecular weight excluding hydrogens is 424 g/mol. The zero-order valence-electron chi connectivity index (χ0n) is 21.3. The highest BCUT2D eigenvalue weighted by Crippen LogP contribution is 2.34. The molecule has 0 aliphatic rings. The van der Waals surface area contributed by atoms with Crippen LogP contribution in [0.4, 0.5) is 0 Å². The number of hydrogen-bond donors (Lipinski definition) is 0. The van der Waals surface area contributed by atoms with Gasteiger partial charge in [0.1, 0.15) is 16.9 Å². The van der Waals surface area contributed by atoms with Crippen LogP contribution in [0.15, 0.2) is 30.5 Å². The molecule has 0 bridgehead atoms. The highest BCUT2D eigenvalue weighted by Gasteiger charge is 2.23. The molecule has 0 saturated heterocycles. The fourth-order valence-electron chi connectivity index (χ4n) is 4.61. The molecule has 0 N–H and O–H groups in total. The van der Waals surface area contributed by atoms with Crippen molar-refractivity contribution in [3.8, 4) is 5.75 Å². The second-order valence-corrected chi connectivity index (χ2v) is 10.3. The lowest BCUT2D eigenvalue weighted by atomic mass is 10.1. The van der Waals surface area contributed by atoms with E-state index in [2.05, 4.69) is 35.8 Å². The Kier molecular flexibility index (Phi) is 7.54. The summed E-state index contributed by atoms with van der Waals surface area (Å²) in [4.78, 5) is 22.8. The predicted molar refractivity (Wildman–Crippen MR) is 138 cm³/mol. The topological polar surface area (TPSA) is 61.4 Å². The average molecular weight is 463 g/mol. The minimum atomic E-state index is -0.211. The highest BCUT2D eigenvalue weighted by molar-refractivity contribution is 6.00. The van der Waals surface area contributed by atoms with E-state index in [1.165, 1.54) is 25.7 Å². The molecule has 34 heavy (non-hydrogen) atoms. The fraction of sp³-hybridized carbons (Fsp3) is 0.536. The van der Waals surface area contributed by atoms with Crippen molar-refractivity contribution in [3.05, 3.63) is 36.3 Å². The van der Waals surface area contributed by atoms with Crippen molar-refractivity contribution < 1.29 is 9.53 Å². The summed E-state index contributed by atoms with van der Waals surface area (Å²) in [5, 5.41) is 0.828. The third-order valence-electron chi connectivity index (χ3n) is 6.18. The molecule has 0 spiro atoms. The van der Waals surface area contributed by atoms with E-state index in [-0.39, 0.29) is 11.9 Å². The second-order valence-electron chi connectivity index (χ2n) is 10.3. The minimum absolute atomic E-state index is 0.211. The van der Waals surface area contributed by atoms with Crippen LogP contribution in [0.3, 0.4) is 0 Å². The lowest BCUT2D eigenvalue weighted by molar-refractivity contribution is -0.135. The van der Waals surface area contributed by atoms with Gasteiger partial charge in [-0.05, 0) is 30.4 Å². The quantitative estimate of drug-likeness (QED) is 0.179. The Hall–Kier alpha value is -2.89. The molecule has 0 aliphatic carbocycles. The van der Waals surface area contributed by atoms with Crippen LogP contribution in [0, 0.1) is 11.8 Å². The first-order valence-electron chi connectivity index (χ1n) is 12.9. The molecule has 0 aliphatic heterocycles. The van der Waals surface area contributed by atoms with E-state index in [1.807, 2.05) is 38.2 Å². The molecule has 4 rings (SSSR count). The monoisotopic (exact) mass is 462 g/mol. The molecule has 0 fully saturated rings. The summed E-state index contributed by atoms with van der Waals surface area (Å²) in [5.74, 6) is 2.05. The number of unbranched alkanes of at least 4 members (excludes halogenated alkanes) is 4. The number of ether oxygens (including phenoxy) is 1. The Labute approximate surface area is 202 Å². The largest absolute Gasteiger partial charge is 0.424 e. The molecule has 0 amide bonds. The summed E-state index contributed by atoms with van der Waals surface area (Å²) in [6.45, 7) is 11.6. The standard InChI is InChI=1S/C28H38N4O2/c1-6-7-8-9-12-15-31-18-23(34-25(33)17-20(4)5)26-27(31)30-24(16-19(2)3)32-22-14-11-10-13-21(22)29-28(26)32/h10-11,13-14,18-20H,6-9,12,15-17H2,1-5H3. The first-order valence-corrected chi connectivity index (χ1v) is 12.9. The Morgan fingerprint density at radius 2 is 1.74 bits per heavy atom. The maximum atomic E-state index is 12.6. The smallest absolute Gasteiger partial charge is 0.311 e. The summed E-state index contributed by atoms with van der Waals surface area (Å²) in [7, 11) is 0. The second kappa shape index (κ2) is 10.6. The number of benzene rings is 1. The highest BCUT2D eigenvalue weighted by atomic mass is 16.5. The van der Waals surface area contributed by atoms with Crippen LogP contribution in [-0.4, -0.2) is 24.9 Å². The summed E-state index contributed by atoms with van der Waals surface area (Å²) in [5.41, 5.74) is 3.64. The lowest BCUT2D eigenvalue weighted by Crippen LogP contribution is -2.11. The number of carbonyl (C=O) groups is 1. The molecule has 0 radical (unpaired) electrons. The van der Waals surface area contributed by atoms with Crippen LogP contribution < -0.4 is 4.74 Å². The maximum absolute atomic E-state index is 12.6. The number of para-hydroxylation sites is 2. The number of carbonyl (C=O) groups excluding carboxylic acids is 1. The van der Waals surface area contributed by atoms with E-state index in [0.717, 1.165) is 52.9 Å². The van der Waals surface area contributed by atoms with E-state index in [9.17, 15) is 4.79 Å². The number of esters is 1. The van der Waals surface area contributed by atoms with Crippen molar-refractivity contribution in [2.75, 3.05) is 0 Å². The first-order chi connectivity index (χ1) is 16.4. The SMILES string of the molecule is CCCCCCCn1cc(OC(=O)CC(C)C)c2c1nc(CC(C)C)n1c3ccccc3nc21. The lowest BCUT2D eigenvalue weighted by Gasteiger charge is -2.11. The van der Waals surface area contributed by atoms with Crippen molar-refractivity contribution >= 4 is 33.7 Å². The van der Waals surface area contributed by atoms with Crippen molar-refractivity contribution in [2.24, 2.45) is 11.8 Å². The van der Waals surface area contributed by atoms with Crippen LogP contribution in [0.1, 0.15) is 79.0 Å². The van der Waals surface area contributed by atoms with Gasteiger partial charge in [0.05, 0.1) is 11.0 Å². The van der Waals surface area contributed by atoms with Crippen LogP contribution >= 0.6 is 0 Å². The summed E-state index contributed by atoms with van der Waals surface area (Å²) < 4.78 is 10.3. The van der Waals surface area contributed by atoms with E-state index >= 15 is 0 Å². The Balaban J connectivity index is 1.88. The predicted octanol–water partition coefficient (Wildman–Crippen LogP) is 6.96. The van der Waals surface area contributed by atoms with Gasteiger partial charge in [0.15, 0.2) is 11.4 Å².